The molecule has 1 fully saturated rings. The second-order valence-corrected chi connectivity index (χ2v) is 8.82. The molecule has 0 saturated carbocycles. The predicted octanol–water partition coefficient (Wildman–Crippen LogP) is -1.92. The summed E-state index contributed by atoms with van der Waals surface area (Å²) in [7, 11) is -0.235. The molecule has 148 valence electrons. The van der Waals surface area contributed by atoms with Gasteiger partial charge in [-0.05, 0) is 10.9 Å². The van der Waals surface area contributed by atoms with E-state index in [4.69, 9.17) is 21.3 Å². The highest BCUT2D eigenvalue weighted by molar-refractivity contribution is 7.96. The molecule has 3 rings (SSSR count). The van der Waals surface area contributed by atoms with E-state index < -0.39 is 36.6 Å². The van der Waals surface area contributed by atoms with Crippen LogP contribution in [-0.2, 0) is 20.4 Å². The Kier molecular flexibility index (Phi) is 5.81. The minimum Gasteiger partial charge on any atom is -0.480 e. The molecule has 3 heterocycles. The second kappa shape index (κ2) is 7.94. The third kappa shape index (κ3) is 3.99. The van der Waals surface area contributed by atoms with E-state index in [1.165, 1.54) is 17.2 Å². The molecule has 12 heteroatoms. The van der Waals surface area contributed by atoms with E-state index in [-0.39, 0.29) is 16.7 Å². The summed E-state index contributed by atoms with van der Waals surface area (Å²) in [5.74, 6) is 0.254. The Balaban J connectivity index is 1.68. The molecule has 3 unspecified atom stereocenters. The number of carboxylic acids is 1. The van der Waals surface area contributed by atoms with Crippen LogP contribution in [0.5, 0.6) is 0 Å². The van der Waals surface area contributed by atoms with E-state index in [0.717, 1.165) is 0 Å². The number of nitrogen functional groups attached to an aromatic ring is 1. The third-order valence-electron chi connectivity index (χ3n) is 4.54. The van der Waals surface area contributed by atoms with Crippen molar-refractivity contribution in [1.29, 1.82) is 0 Å². The fourth-order valence-corrected chi connectivity index (χ4v) is 4.63. The molecule has 1 aliphatic rings. The van der Waals surface area contributed by atoms with E-state index in [0.29, 0.717) is 29.1 Å². The maximum Gasteiger partial charge on any atom is 0.320 e. The van der Waals surface area contributed by atoms with Crippen molar-refractivity contribution < 1.29 is 24.9 Å². The minimum atomic E-state index is -1.16. The first kappa shape index (κ1) is 19.8. The minimum absolute atomic E-state index is 0.216. The van der Waals surface area contributed by atoms with Gasteiger partial charge in [0.2, 0.25) is 0 Å². The third-order valence-corrected chi connectivity index (χ3v) is 6.37. The number of aliphatic hydroxyl groups is 2. The molecule has 0 amide bonds. The first-order chi connectivity index (χ1) is 12.8. The van der Waals surface area contributed by atoms with Crippen LogP contribution in [0.15, 0.2) is 12.7 Å². The van der Waals surface area contributed by atoms with Crippen LogP contribution in [0.4, 0.5) is 5.82 Å². The smallest absolute Gasteiger partial charge is 0.320 e. The predicted molar refractivity (Wildman–Crippen MR) is 98.9 cm³/mol. The Hall–Kier alpha value is -1.99. The maximum absolute atomic E-state index is 10.8. The van der Waals surface area contributed by atoms with Crippen molar-refractivity contribution in [2.45, 2.75) is 37.0 Å². The number of ether oxygens (including phenoxy) is 1. The zero-order valence-electron chi connectivity index (χ0n) is 14.7. The highest BCUT2D eigenvalue weighted by Crippen LogP contribution is 2.32. The highest BCUT2D eigenvalue weighted by Gasteiger charge is 2.46. The summed E-state index contributed by atoms with van der Waals surface area (Å²) in [5.41, 5.74) is 12.1. The number of anilines is 1. The van der Waals surface area contributed by atoms with Crippen LogP contribution >= 0.6 is 0 Å². The van der Waals surface area contributed by atoms with Crippen molar-refractivity contribution in [3.05, 3.63) is 12.7 Å². The average molecular weight is 399 g/mol. The van der Waals surface area contributed by atoms with Gasteiger partial charge in [0.25, 0.3) is 0 Å². The quantitative estimate of drug-likeness (QED) is 0.329. The van der Waals surface area contributed by atoms with Gasteiger partial charge in [0.05, 0.1) is 12.6 Å². The standard InChI is InChI=1S/C15H22N6O5S/c1-27(3-2-7(16)15(24)25)4-8-10(22)11(23)14(26-8)21-6-20-9-12(17)18-5-19-13(9)21/h5-8,10-11,14,22-23H,2-4,16H2,1H3,(H2-,17,18,19,24,25)/p+1/t7?,8-,10+,11?,14-,27?/m1/s1. The van der Waals surface area contributed by atoms with Gasteiger partial charge in [-0.3, -0.25) is 9.36 Å². The largest absolute Gasteiger partial charge is 0.480 e. The van der Waals surface area contributed by atoms with Gasteiger partial charge < -0.3 is 31.5 Å². The van der Waals surface area contributed by atoms with Gasteiger partial charge in [0.15, 0.2) is 17.7 Å². The lowest BCUT2D eigenvalue weighted by Crippen LogP contribution is -2.37. The van der Waals surface area contributed by atoms with Crippen LogP contribution in [0.2, 0.25) is 0 Å². The van der Waals surface area contributed by atoms with Crippen molar-refractivity contribution in [1.82, 2.24) is 19.5 Å². The zero-order chi connectivity index (χ0) is 19.7. The number of hydrogen-bond acceptors (Lipinski definition) is 9. The Bertz CT molecular complexity index is 819. The molecule has 1 aliphatic heterocycles. The van der Waals surface area contributed by atoms with Crippen LogP contribution in [0.3, 0.4) is 0 Å². The molecule has 27 heavy (non-hydrogen) atoms. The van der Waals surface area contributed by atoms with Crippen molar-refractivity contribution in [2.75, 3.05) is 23.5 Å². The molecular formula is C15H23N6O5S+. The molecule has 6 atom stereocenters. The number of aromatic nitrogens is 4. The Morgan fingerprint density at radius 2 is 2.11 bits per heavy atom. The number of carbonyl (C=O) groups is 1. The number of carboxylic acid groups (broad SMARTS) is 1. The van der Waals surface area contributed by atoms with E-state index >= 15 is 0 Å². The molecule has 2 aromatic heterocycles. The second-order valence-electron chi connectivity index (χ2n) is 6.51. The molecule has 0 bridgehead atoms. The summed E-state index contributed by atoms with van der Waals surface area (Å²) in [6.07, 6.45) is 1.31. The molecule has 0 radical (unpaired) electrons. The normalized spacial score (nSPS) is 27.7. The van der Waals surface area contributed by atoms with E-state index in [2.05, 4.69) is 15.0 Å². The van der Waals surface area contributed by atoms with Gasteiger partial charge in [0, 0.05) is 6.42 Å². The number of aliphatic hydroxyl groups excluding tert-OH is 2. The number of aliphatic carboxylic acids is 1. The van der Waals surface area contributed by atoms with E-state index in [1.807, 2.05) is 6.26 Å². The summed E-state index contributed by atoms with van der Waals surface area (Å²) in [4.78, 5) is 23.0. The molecular weight excluding hydrogens is 376 g/mol. The molecule has 0 spiro atoms. The molecule has 2 aromatic rings. The molecule has 1 saturated heterocycles. The Labute approximate surface area is 157 Å². The van der Waals surface area contributed by atoms with Gasteiger partial charge in [-0.15, -0.1) is 0 Å². The number of nitrogens with two attached hydrogens (primary N) is 2. The highest BCUT2D eigenvalue weighted by atomic mass is 32.2. The Morgan fingerprint density at radius 1 is 1.37 bits per heavy atom. The number of rotatable bonds is 7. The first-order valence-corrected chi connectivity index (χ1v) is 10.3. The summed E-state index contributed by atoms with van der Waals surface area (Å²) in [6, 6.07) is -0.907. The van der Waals surface area contributed by atoms with Crippen LogP contribution in [-0.4, -0.2) is 82.9 Å². The van der Waals surface area contributed by atoms with Crippen molar-refractivity contribution in [3.63, 3.8) is 0 Å². The van der Waals surface area contributed by atoms with Gasteiger partial charge >= 0.3 is 5.97 Å². The molecule has 0 aliphatic carbocycles. The lowest BCUT2D eigenvalue weighted by Gasteiger charge is -2.16. The average Bonchev–Trinajstić information content (AvgIpc) is 3.17. The van der Waals surface area contributed by atoms with Gasteiger partial charge in [-0.25, -0.2) is 15.0 Å². The van der Waals surface area contributed by atoms with Crippen LogP contribution < -0.4 is 11.5 Å². The molecule has 0 aromatic carbocycles. The first-order valence-electron chi connectivity index (χ1n) is 8.31. The van der Waals surface area contributed by atoms with Crippen molar-refractivity contribution >= 4 is 33.8 Å². The van der Waals surface area contributed by atoms with Crippen molar-refractivity contribution in [2.24, 2.45) is 5.73 Å². The Morgan fingerprint density at radius 3 is 2.81 bits per heavy atom. The molecule has 7 N–H and O–H groups in total. The summed E-state index contributed by atoms with van der Waals surface area (Å²) >= 11 is 0. The van der Waals surface area contributed by atoms with Crippen molar-refractivity contribution in [3.8, 4) is 0 Å². The van der Waals surface area contributed by atoms with Gasteiger partial charge in [-0.2, -0.15) is 0 Å². The van der Waals surface area contributed by atoms with E-state index in [9.17, 15) is 15.0 Å². The summed E-state index contributed by atoms with van der Waals surface area (Å²) < 4.78 is 7.41. The lowest BCUT2D eigenvalue weighted by molar-refractivity contribution is -0.138. The number of fused-ring (bicyclic) bond motifs is 1. The fraction of sp³-hybridized carbons (Fsp3) is 0.600. The van der Waals surface area contributed by atoms with Gasteiger partial charge in [0.1, 0.15) is 47.7 Å². The maximum atomic E-state index is 10.8. The number of hydrogen-bond donors (Lipinski definition) is 5. The SMILES string of the molecule is C[S+](CCC(N)C(=O)O)C[C@H]1O[C@@H](n2cnc3c(N)ncnc32)C(O)[C@H]1O. The zero-order valence-corrected chi connectivity index (χ0v) is 15.5. The molecule has 11 nitrogen and oxygen atoms in total. The summed E-state index contributed by atoms with van der Waals surface area (Å²) in [6.45, 7) is 0. The van der Waals surface area contributed by atoms with Gasteiger partial charge in [-0.1, -0.05) is 0 Å². The van der Waals surface area contributed by atoms with Crippen LogP contribution in [0.1, 0.15) is 12.6 Å². The topological polar surface area (TPSA) is 183 Å². The van der Waals surface area contributed by atoms with Crippen LogP contribution in [0, 0.1) is 0 Å². The van der Waals surface area contributed by atoms with Crippen LogP contribution in [0.25, 0.3) is 11.2 Å². The number of nitrogens with zero attached hydrogens (tertiary/aromatic N) is 4. The number of imidazole rings is 1. The lowest BCUT2D eigenvalue weighted by atomic mass is 10.1. The summed E-state index contributed by atoms with van der Waals surface area (Å²) in [5, 5.41) is 29.7. The van der Waals surface area contributed by atoms with E-state index in [1.54, 1.807) is 0 Å². The monoisotopic (exact) mass is 399 g/mol. The fourth-order valence-electron chi connectivity index (χ4n) is 2.97.